The molecule has 0 aliphatic rings. The third-order valence-corrected chi connectivity index (χ3v) is 1.88. The zero-order chi connectivity index (χ0) is 11.4. The number of hydrazine groups is 1. The summed E-state index contributed by atoms with van der Waals surface area (Å²) in [4.78, 5) is 20.8. The molecule has 0 radical (unpaired) electrons. The van der Waals surface area contributed by atoms with Gasteiger partial charge in [-0.15, -0.1) is 0 Å². The number of nitro groups is 1. The SMILES string of the molecule is C[C@H](Cn1cc([N+](=O)[O-])cn1)C(=O)NN. The number of nitrogens with two attached hydrogens (primary N) is 1. The number of carbonyl (C=O) groups is 1. The van der Waals surface area contributed by atoms with Crippen LogP contribution in [0, 0.1) is 16.0 Å². The zero-order valence-corrected chi connectivity index (χ0v) is 8.08. The van der Waals surface area contributed by atoms with Crippen LogP contribution in [0.4, 0.5) is 5.69 Å². The minimum Gasteiger partial charge on any atom is -0.294 e. The highest BCUT2D eigenvalue weighted by Gasteiger charge is 2.15. The number of amides is 1. The van der Waals surface area contributed by atoms with Crippen LogP contribution in [-0.4, -0.2) is 20.6 Å². The summed E-state index contributed by atoms with van der Waals surface area (Å²) in [6.07, 6.45) is 2.40. The van der Waals surface area contributed by atoms with Crippen LogP contribution in [0.5, 0.6) is 0 Å². The second kappa shape index (κ2) is 4.51. The molecule has 0 bridgehead atoms. The standard InChI is InChI=1S/C7H11N5O3/c1-5(7(13)10-8)3-11-4-6(2-9-11)12(14)15/h2,4-5H,3,8H2,1H3,(H,10,13)/t5-/m1/s1. The van der Waals surface area contributed by atoms with Crippen LogP contribution in [0.3, 0.4) is 0 Å². The fourth-order valence-corrected chi connectivity index (χ4v) is 1.05. The van der Waals surface area contributed by atoms with Crippen LogP contribution in [0.15, 0.2) is 12.4 Å². The first-order valence-electron chi connectivity index (χ1n) is 4.22. The van der Waals surface area contributed by atoms with Gasteiger partial charge in [-0.05, 0) is 0 Å². The lowest BCUT2D eigenvalue weighted by atomic mass is 10.2. The van der Waals surface area contributed by atoms with Gasteiger partial charge in [-0.25, -0.2) is 5.84 Å². The molecule has 1 amide bonds. The lowest BCUT2D eigenvalue weighted by Crippen LogP contribution is -2.36. The van der Waals surface area contributed by atoms with Gasteiger partial charge >= 0.3 is 5.69 Å². The molecule has 1 rings (SSSR count). The second-order valence-corrected chi connectivity index (χ2v) is 3.09. The van der Waals surface area contributed by atoms with Crippen molar-refractivity contribution >= 4 is 11.6 Å². The third kappa shape index (κ3) is 2.74. The molecular formula is C7H11N5O3. The van der Waals surface area contributed by atoms with Crippen molar-refractivity contribution in [2.75, 3.05) is 0 Å². The molecule has 1 heterocycles. The lowest BCUT2D eigenvalue weighted by molar-refractivity contribution is -0.385. The molecule has 0 fully saturated rings. The summed E-state index contributed by atoms with van der Waals surface area (Å²) in [5.41, 5.74) is 1.90. The molecule has 3 N–H and O–H groups in total. The predicted molar refractivity (Wildman–Crippen MR) is 50.4 cm³/mol. The highest BCUT2D eigenvalue weighted by molar-refractivity contribution is 5.77. The van der Waals surface area contributed by atoms with E-state index >= 15 is 0 Å². The molecule has 0 aromatic carbocycles. The van der Waals surface area contributed by atoms with E-state index in [0.29, 0.717) is 0 Å². The van der Waals surface area contributed by atoms with Crippen LogP contribution in [-0.2, 0) is 11.3 Å². The molecule has 8 heteroatoms. The van der Waals surface area contributed by atoms with Crippen LogP contribution in [0.1, 0.15) is 6.92 Å². The van der Waals surface area contributed by atoms with E-state index in [2.05, 4.69) is 5.10 Å². The van der Waals surface area contributed by atoms with Crippen molar-refractivity contribution in [3.63, 3.8) is 0 Å². The highest BCUT2D eigenvalue weighted by Crippen LogP contribution is 2.09. The molecule has 8 nitrogen and oxygen atoms in total. The fraction of sp³-hybridized carbons (Fsp3) is 0.429. The molecule has 1 atom stereocenters. The van der Waals surface area contributed by atoms with Gasteiger partial charge in [-0.3, -0.25) is 25.0 Å². The average Bonchev–Trinajstić information content (AvgIpc) is 2.65. The molecule has 82 valence electrons. The molecule has 0 aliphatic carbocycles. The molecule has 0 saturated heterocycles. The lowest BCUT2D eigenvalue weighted by Gasteiger charge is -2.08. The van der Waals surface area contributed by atoms with Crippen molar-refractivity contribution in [1.29, 1.82) is 0 Å². The quantitative estimate of drug-likeness (QED) is 0.300. The molecule has 0 aliphatic heterocycles. The van der Waals surface area contributed by atoms with E-state index in [1.54, 1.807) is 6.92 Å². The van der Waals surface area contributed by atoms with Gasteiger partial charge in [-0.1, -0.05) is 6.92 Å². The summed E-state index contributed by atoms with van der Waals surface area (Å²) >= 11 is 0. The van der Waals surface area contributed by atoms with E-state index < -0.39 is 10.8 Å². The molecule has 0 unspecified atom stereocenters. The van der Waals surface area contributed by atoms with Crippen molar-refractivity contribution in [1.82, 2.24) is 15.2 Å². The predicted octanol–water partition coefficient (Wildman–Crippen LogP) is -0.583. The number of aromatic nitrogens is 2. The van der Waals surface area contributed by atoms with Gasteiger partial charge in [0.1, 0.15) is 12.4 Å². The van der Waals surface area contributed by atoms with E-state index in [9.17, 15) is 14.9 Å². The second-order valence-electron chi connectivity index (χ2n) is 3.09. The number of carbonyl (C=O) groups excluding carboxylic acids is 1. The Kier molecular flexibility index (Phi) is 3.34. The van der Waals surface area contributed by atoms with E-state index in [4.69, 9.17) is 5.84 Å². The van der Waals surface area contributed by atoms with Crippen molar-refractivity contribution in [2.45, 2.75) is 13.5 Å². The Morgan fingerprint density at radius 2 is 2.53 bits per heavy atom. The topological polar surface area (TPSA) is 116 Å². The summed E-state index contributed by atoms with van der Waals surface area (Å²) in [6.45, 7) is 1.90. The average molecular weight is 213 g/mol. The summed E-state index contributed by atoms with van der Waals surface area (Å²) < 4.78 is 1.33. The normalized spacial score (nSPS) is 12.1. The Balaban J connectivity index is 2.65. The Labute approximate surface area is 85.2 Å². The van der Waals surface area contributed by atoms with Gasteiger partial charge in [0.05, 0.1) is 17.4 Å². The maximum Gasteiger partial charge on any atom is 0.306 e. The highest BCUT2D eigenvalue weighted by atomic mass is 16.6. The Morgan fingerprint density at radius 1 is 1.87 bits per heavy atom. The Morgan fingerprint density at radius 3 is 3.00 bits per heavy atom. The first-order chi connectivity index (χ1) is 7.04. The summed E-state index contributed by atoms with van der Waals surface area (Å²) in [5, 5.41) is 14.1. The van der Waals surface area contributed by atoms with Crippen LogP contribution < -0.4 is 11.3 Å². The van der Waals surface area contributed by atoms with E-state index in [-0.39, 0.29) is 18.1 Å². The van der Waals surface area contributed by atoms with Crippen molar-refractivity contribution < 1.29 is 9.72 Å². The number of rotatable bonds is 4. The monoisotopic (exact) mass is 213 g/mol. The van der Waals surface area contributed by atoms with Crippen LogP contribution >= 0.6 is 0 Å². The molecule has 1 aromatic heterocycles. The largest absolute Gasteiger partial charge is 0.306 e. The first-order valence-corrected chi connectivity index (χ1v) is 4.22. The minimum atomic E-state index is -0.544. The Hall–Kier alpha value is -1.96. The third-order valence-electron chi connectivity index (χ3n) is 1.88. The van der Waals surface area contributed by atoms with Crippen LogP contribution in [0.25, 0.3) is 0 Å². The van der Waals surface area contributed by atoms with Gasteiger partial charge in [0, 0.05) is 0 Å². The molecule has 15 heavy (non-hydrogen) atoms. The van der Waals surface area contributed by atoms with Gasteiger partial charge in [0.2, 0.25) is 5.91 Å². The molecule has 1 aromatic rings. The summed E-state index contributed by atoms with van der Waals surface area (Å²) in [7, 11) is 0. The number of hydrogen-bond donors (Lipinski definition) is 2. The van der Waals surface area contributed by atoms with Gasteiger partial charge in [0.15, 0.2) is 0 Å². The van der Waals surface area contributed by atoms with Gasteiger partial charge < -0.3 is 0 Å². The maximum atomic E-state index is 11.0. The van der Waals surface area contributed by atoms with Gasteiger partial charge in [-0.2, -0.15) is 5.10 Å². The molecule has 0 saturated carbocycles. The van der Waals surface area contributed by atoms with Crippen molar-refractivity contribution in [3.8, 4) is 0 Å². The maximum absolute atomic E-state index is 11.0. The van der Waals surface area contributed by atoms with E-state index in [1.807, 2.05) is 5.43 Å². The number of nitrogens with zero attached hydrogens (tertiary/aromatic N) is 3. The van der Waals surface area contributed by atoms with Crippen LogP contribution in [0.2, 0.25) is 0 Å². The number of nitrogens with one attached hydrogen (secondary N) is 1. The Bertz CT molecular complexity index is 374. The summed E-state index contributed by atoms with van der Waals surface area (Å²) in [6, 6.07) is 0. The van der Waals surface area contributed by atoms with Crippen molar-refractivity contribution in [3.05, 3.63) is 22.5 Å². The van der Waals surface area contributed by atoms with E-state index in [0.717, 1.165) is 6.20 Å². The smallest absolute Gasteiger partial charge is 0.294 e. The van der Waals surface area contributed by atoms with Gasteiger partial charge in [0.25, 0.3) is 0 Å². The fourth-order valence-electron chi connectivity index (χ4n) is 1.05. The molecule has 0 spiro atoms. The summed E-state index contributed by atoms with van der Waals surface area (Å²) in [5.74, 6) is 4.21. The van der Waals surface area contributed by atoms with Crippen molar-refractivity contribution in [2.24, 2.45) is 11.8 Å². The molecular weight excluding hydrogens is 202 g/mol. The number of hydrogen-bond acceptors (Lipinski definition) is 5. The first kappa shape index (κ1) is 11.1. The zero-order valence-electron chi connectivity index (χ0n) is 8.08. The van der Waals surface area contributed by atoms with E-state index in [1.165, 1.54) is 10.9 Å². The minimum absolute atomic E-state index is 0.102.